The minimum absolute atomic E-state index is 0.132. The second kappa shape index (κ2) is 4.64. The van der Waals surface area contributed by atoms with Gasteiger partial charge in [-0.25, -0.2) is 4.79 Å². The Labute approximate surface area is 90.9 Å². The molecule has 4 nitrogen and oxygen atoms in total. The van der Waals surface area contributed by atoms with Crippen LogP contribution < -0.4 is 0 Å². The zero-order valence-corrected chi connectivity index (χ0v) is 10.3. The first-order valence-electron chi connectivity index (χ1n) is 4.94. The van der Waals surface area contributed by atoms with Crippen molar-refractivity contribution < 1.29 is 19.1 Å². The molecule has 0 N–H and O–H groups in total. The monoisotopic (exact) mass is 216 g/mol. The lowest BCUT2D eigenvalue weighted by Gasteiger charge is -2.30. The van der Waals surface area contributed by atoms with E-state index in [1.807, 2.05) is 27.7 Å². The number of rotatable bonds is 4. The standard InChI is InChI=1S/C11H20O4/c1-8(10(2,3)4)15-9(13)11(5,6)14-7-12/h7-8H,1-6H3. The van der Waals surface area contributed by atoms with Gasteiger partial charge in [-0.3, -0.25) is 4.79 Å². The summed E-state index contributed by atoms with van der Waals surface area (Å²) in [5.74, 6) is -0.531. The van der Waals surface area contributed by atoms with Crippen LogP contribution in [0.2, 0.25) is 0 Å². The van der Waals surface area contributed by atoms with Gasteiger partial charge in [0.1, 0.15) is 6.10 Å². The van der Waals surface area contributed by atoms with Gasteiger partial charge in [0.05, 0.1) is 0 Å². The SMILES string of the molecule is CC(OC(=O)C(C)(C)OC=O)C(C)(C)C. The van der Waals surface area contributed by atoms with Crippen LogP contribution in [0.25, 0.3) is 0 Å². The summed E-state index contributed by atoms with van der Waals surface area (Å²) in [5, 5.41) is 0. The third kappa shape index (κ3) is 4.32. The molecular weight excluding hydrogens is 196 g/mol. The average Bonchev–Trinajstić information content (AvgIpc) is 2.01. The lowest BCUT2D eigenvalue weighted by Crippen LogP contribution is -2.40. The molecule has 0 aromatic carbocycles. The Hall–Kier alpha value is -1.06. The molecule has 1 atom stereocenters. The average molecular weight is 216 g/mol. The van der Waals surface area contributed by atoms with Gasteiger partial charge in [0, 0.05) is 0 Å². The third-order valence-corrected chi connectivity index (χ3v) is 2.34. The van der Waals surface area contributed by atoms with Crippen LogP contribution in [-0.4, -0.2) is 24.1 Å². The largest absolute Gasteiger partial charge is 0.459 e. The van der Waals surface area contributed by atoms with Crippen LogP contribution in [0.15, 0.2) is 0 Å². The minimum atomic E-state index is -1.22. The fourth-order valence-corrected chi connectivity index (χ4v) is 0.648. The molecule has 0 fully saturated rings. The van der Waals surface area contributed by atoms with Gasteiger partial charge in [-0.2, -0.15) is 0 Å². The molecule has 15 heavy (non-hydrogen) atoms. The van der Waals surface area contributed by atoms with Crippen molar-refractivity contribution in [3.63, 3.8) is 0 Å². The number of carbonyl (C=O) groups is 2. The van der Waals surface area contributed by atoms with Crippen LogP contribution >= 0.6 is 0 Å². The quantitative estimate of drug-likeness (QED) is 0.532. The number of ether oxygens (including phenoxy) is 2. The molecule has 0 aliphatic rings. The molecule has 0 radical (unpaired) electrons. The van der Waals surface area contributed by atoms with Crippen LogP contribution in [0.1, 0.15) is 41.5 Å². The van der Waals surface area contributed by atoms with E-state index in [-0.39, 0.29) is 18.0 Å². The summed E-state index contributed by atoms with van der Waals surface area (Å²) in [5.41, 5.74) is -1.35. The highest BCUT2D eigenvalue weighted by Crippen LogP contribution is 2.23. The molecule has 0 bridgehead atoms. The number of carbonyl (C=O) groups excluding carboxylic acids is 2. The van der Waals surface area contributed by atoms with Crippen LogP contribution in [0.4, 0.5) is 0 Å². The molecule has 0 amide bonds. The Morgan fingerprint density at radius 1 is 1.20 bits per heavy atom. The number of hydrogen-bond acceptors (Lipinski definition) is 4. The molecule has 0 aromatic heterocycles. The van der Waals surface area contributed by atoms with Crippen LogP contribution in [0.5, 0.6) is 0 Å². The molecule has 0 aromatic rings. The highest BCUT2D eigenvalue weighted by atomic mass is 16.6. The van der Waals surface area contributed by atoms with Gasteiger partial charge in [0.2, 0.25) is 5.60 Å². The van der Waals surface area contributed by atoms with Crippen molar-refractivity contribution in [2.24, 2.45) is 5.41 Å². The van der Waals surface area contributed by atoms with E-state index in [1.54, 1.807) is 0 Å². The van der Waals surface area contributed by atoms with Gasteiger partial charge in [0.15, 0.2) is 0 Å². The van der Waals surface area contributed by atoms with E-state index in [0.29, 0.717) is 0 Å². The van der Waals surface area contributed by atoms with Crippen LogP contribution in [0, 0.1) is 5.41 Å². The van der Waals surface area contributed by atoms with Crippen molar-refractivity contribution in [2.75, 3.05) is 0 Å². The van der Waals surface area contributed by atoms with E-state index in [0.717, 1.165) is 0 Å². The highest BCUT2D eigenvalue weighted by molar-refractivity contribution is 5.79. The molecule has 0 rings (SSSR count). The zero-order chi connectivity index (χ0) is 12.3. The molecule has 0 saturated heterocycles. The summed E-state index contributed by atoms with van der Waals surface area (Å²) < 4.78 is 9.86. The first kappa shape index (κ1) is 13.9. The van der Waals surface area contributed by atoms with E-state index in [4.69, 9.17) is 4.74 Å². The van der Waals surface area contributed by atoms with Gasteiger partial charge < -0.3 is 9.47 Å². The van der Waals surface area contributed by atoms with Crippen molar-refractivity contribution in [3.8, 4) is 0 Å². The topological polar surface area (TPSA) is 52.6 Å². The molecular formula is C11H20O4. The summed E-state index contributed by atoms with van der Waals surface area (Å²) >= 11 is 0. The molecule has 0 heterocycles. The third-order valence-electron chi connectivity index (χ3n) is 2.34. The first-order valence-corrected chi connectivity index (χ1v) is 4.94. The number of esters is 1. The second-order valence-corrected chi connectivity index (χ2v) is 5.14. The van der Waals surface area contributed by atoms with Gasteiger partial charge in [-0.05, 0) is 26.2 Å². The summed E-state index contributed by atoms with van der Waals surface area (Å²) in [6.07, 6.45) is -0.237. The summed E-state index contributed by atoms with van der Waals surface area (Å²) in [6, 6.07) is 0. The summed E-state index contributed by atoms with van der Waals surface area (Å²) in [7, 11) is 0. The second-order valence-electron chi connectivity index (χ2n) is 5.14. The fraction of sp³-hybridized carbons (Fsp3) is 0.818. The van der Waals surface area contributed by atoms with E-state index >= 15 is 0 Å². The van der Waals surface area contributed by atoms with Gasteiger partial charge in [0.25, 0.3) is 6.47 Å². The zero-order valence-electron chi connectivity index (χ0n) is 10.3. The van der Waals surface area contributed by atoms with Crippen molar-refractivity contribution in [3.05, 3.63) is 0 Å². The first-order chi connectivity index (χ1) is 6.61. The number of hydrogen-bond donors (Lipinski definition) is 0. The molecule has 4 heteroatoms. The smallest absolute Gasteiger partial charge is 0.350 e. The van der Waals surface area contributed by atoms with E-state index in [9.17, 15) is 9.59 Å². The van der Waals surface area contributed by atoms with Gasteiger partial charge in [-0.1, -0.05) is 20.8 Å². The molecule has 0 saturated carbocycles. The Kier molecular flexibility index (Phi) is 4.31. The van der Waals surface area contributed by atoms with Crippen molar-refractivity contribution >= 4 is 12.4 Å². The van der Waals surface area contributed by atoms with Crippen LogP contribution in [-0.2, 0) is 19.1 Å². The van der Waals surface area contributed by atoms with E-state index in [2.05, 4.69) is 4.74 Å². The molecule has 0 aliphatic heterocycles. The molecule has 0 spiro atoms. The maximum Gasteiger partial charge on any atom is 0.350 e. The van der Waals surface area contributed by atoms with Crippen molar-refractivity contribution in [1.29, 1.82) is 0 Å². The molecule has 0 aliphatic carbocycles. The Morgan fingerprint density at radius 3 is 2.00 bits per heavy atom. The Morgan fingerprint density at radius 2 is 1.67 bits per heavy atom. The van der Waals surface area contributed by atoms with E-state index < -0.39 is 11.6 Å². The highest BCUT2D eigenvalue weighted by Gasteiger charge is 2.34. The fourth-order valence-electron chi connectivity index (χ4n) is 0.648. The lowest BCUT2D eigenvalue weighted by atomic mass is 9.90. The van der Waals surface area contributed by atoms with E-state index in [1.165, 1.54) is 13.8 Å². The summed E-state index contributed by atoms with van der Waals surface area (Å²) in [4.78, 5) is 21.8. The summed E-state index contributed by atoms with van der Waals surface area (Å²) in [6.45, 7) is 11.0. The van der Waals surface area contributed by atoms with Gasteiger partial charge in [-0.15, -0.1) is 0 Å². The maximum atomic E-state index is 11.6. The predicted octanol–water partition coefficient (Wildman–Crippen LogP) is 1.92. The Balaban J connectivity index is 4.43. The Bertz CT molecular complexity index is 237. The minimum Gasteiger partial charge on any atom is -0.459 e. The normalized spacial score (nSPS) is 14.3. The molecule has 1 unspecified atom stereocenters. The molecule has 88 valence electrons. The van der Waals surface area contributed by atoms with Crippen molar-refractivity contribution in [1.82, 2.24) is 0 Å². The van der Waals surface area contributed by atoms with Crippen molar-refractivity contribution in [2.45, 2.75) is 53.2 Å². The lowest BCUT2D eigenvalue weighted by molar-refractivity contribution is -0.179. The predicted molar refractivity (Wildman–Crippen MR) is 56.2 cm³/mol. The van der Waals surface area contributed by atoms with Gasteiger partial charge >= 0.3 is 5.97 Å². The van der Waals surface area contributed by atoms with Crippen LogP contribution in [0.3, 0.4) is 0 Å². The maximum absolute atomic E-state index is 11.6.